The van der Waals surface area contributed by atoms with Gasteiger partial charge in [0.25, 0.3) is 5.88 Å². The van der Waals surface area contributed by atoms with Gasteiger partial charge in [0, 0.05) is 24.9 Å². The number of nitrogens with one attached hydrogen (secondary N) is 2. The Kier molecular flexibility index (Phi) is 2.81. The molecule has 14 heavy (non-hydrogen) atoms. The number of hydrogen-bond donors (Lipinski definition) is 2. The third-order valence-corrected chi connectivity index (χ3v) is 2.19. The van der Waals surface area contributed by atoms with Crippen LogP contribution in [0.1, 0.15) is 13.3 Å². The van der Waals surface area contributed by atoms with Crippen molar-refractivity contribution in [1.29, 1.82) is 0 Å². The molecule has 1 aromatic rings. The number of aromatic nitrogens is 2. The highest BCUT2D eigenvalue weighted by Crippen LogP contribution is 2.19. The fourth-order valence-corrected chi connectivity index (χ4v) is 1.42. The Labute approximate surface area is 86.8 Å². The largest absolute Gasteiger partial charge is 0.455 e. The second kappa shape index (κ2) is 4.08. The molecule has 2 heterocycles. The van der Waals surface area contributed by atoms with Crippen LogP contribution < -0.4 is 15.6 Å². The molecule has 1 fully saturated rings. The first-order valence-electron chi connectivity index (χ1n) is 4.40. The topological polar surface area (TPSA) is 59.1 Å². The highest BCUT2D eigenvalue weighted by molar-refractivity contribution is 6.30. The summed E-state index contributed by atoms with van der Waals surface area (Å²) in [4.78, 5) is 7.85. The number of hydrogen-bond acceptors (Lipinski definition) is 5. The summed E-state index contributed by atoms with van der Waals surface area (Å²) in [5.74, 6) is 0.363. The van der Waals surface area contributed by atoms with Gasteiger partial charge in [0.15, 0.2) is 11.4 Å². The smallest absolute Gasteiger partial charge is 0.253 e. The van der Waals surface area contributed by atoms with Crippen LogP contribution in [0.3, 0.4) is 0 Å². The van der Waals surface area contributed by atoms with E-state index in [-0.39, 0.29) is 11.4 Å². The van der Waals surface area contributed by atoms with E-state index < -0.39 is 0 Å². The Hall–Kier alpha value is -0.910. The van der Waals surface area contributed by atoms with E-state index in [1.165, 1.54) is 6.20 Å². The standard InChI is InChI=1S/C8H11ClN4O/c1-5-4-6(13-12-5)14-8-7(9)10-2-3-11-8/h2-3,5-6,12-13H,4H2,1H3. The zero-order chi connectivity index (χ0) is 9.97. The van der Waals surface area contributed by atoms with E-state index in [1.807, 2.05) is 0 Å². The Balaban J connectivity index is 2.01. The van der Waals surface area contributed by atoms with Crippen LogP contribution in [-0.4, -0.2) is 22.2 Å². The maximum atomic E-state index is 5.79. The van der Waals surface area contributed by atoms with Gasteiger partial charge >= 0.3 is 0 Å². The zero-order valence-electron chi connectivity index (χ0n) is 7.70. The van der Waals surface area contributed by atoms with E-state index in [0.29, 0.717) is 11.9 Å². The molecule has 0 bridgehead atoms. The van der Waals surface area contributed by atoms with Crippen molar-refractivity contribution in [2.24, 2.45) is 0 Å². The molecule has 0 saturated carbocycles. The first-order chi connectivity index (χ1) is 6.75. The second-order valence-corrected chi connectivity index (χ2v) is 3.54. The van der Waals surface area contributed by atoms with Gasteiger partial charge in [0.05, 0.1) is 0 Å². The predicted octanol–water partition coefficient (Wildman–Crippen LogP) is 0.721. The summed E-state index contributed by atoms with van der Waals surface area (Å²) in [6.45, 7) is 2.06. The van der Waals surface area contributed by atoms with Crippen molar-refractivity contribution < 1.29 is 4.74 Å². The Morgan fingerprint density at radius 3 is 2.86 bits per heavy atom. The van der Waals surface area contributed by atoms with E-state index >= 15 is 0 Å². The molecule has 1 saturated heterocycles. The SMILES string of the molecule is CC1CC(Oc2nccnc2Cl)NN1. The highest BCUT2D eigenvalue weighted by atomic mass is 35.5. The summed E-state index contributed by atoms with van der Waals surface area (Å²) in [7, 11) is 0. The van der Waals surface area contributed by atoms with Crippen molar-refractivity contribution in [2.45, 2.75) is 25.6 Å². The van der Waals surface area contributed by atoms with Crippen molar-refractivity contribution in [3.63, 3.8) is 0 Å². The summed E-state index contributed by atoms with van der Waals surface area (Å²) >= 11 is 5.79. The summed E-state index contributed by atoms with van der Waals surface area (Å²) in [5, 5.41) is 0.286. The maximum Gasteiger partial charge on any atom is 0.253 e. The van der Waals surface area contributed by atoms with Crippen molar-refractivity contribution in [1.82, 2.24) is 20.8 Å². The van der Waals surface area contributed by atoms with Gasteiger partial charge in [-0.3, -0.25) is 5.43 Å². The van der Waals surface area contributed by atoms with Crippen molar-refractivity contribution in [3.05, 3.63) is 17.5 Å². The molecule has 2 atom stereocenters. The molecule has 76 valence electrons. The Morgan fingerprint density at radius 1 is 1.43 bits per heavy atom. The van der Waals surface area contributed by atoms with E-state index in [0.717, 1.165) is 6.42 Å². The Morgan fingerprint density at radius 2 is 2.21 bits per heavy atom. The molecule has 0 spiro atoms. The lowest BCUT2D eigenvalue weighted by atomic mass is 10.2. The molecule has 0 amide bonds. The fourth-order valence-electron chi connectivity index (χ4n) is 1.27. The van der Waals surface area contributed by atoms with E-state index in [9.17, 15) is 0 Å². The zero-order valence-corrected chi connectivity index (χ0v) is 8.45. The van der Waals surface area contributed by atoms with Gasteiger partial charge in [-0.2, -0.15) is 0 Å². The molecule has 6 heteroatoms. The van der Waals surface area contributed by atoms with Crippen LogP contribution in [0, 0.1) is 0 Å². The van der Waals surface area contributed by atoms with Crippen LogP contribution in [-0.2, 0) is 0 Å². The van der Waals surface area contributed by atoms with Crippen LogP contribution in [0.4, 0.5) is 0 Å². The van der Waals surface area contributed by atoms with Crippen LogP contribution in [0.25, 0.3) is 0 Å². The summed E-state index contributed by atoms with van der Waals surface area (Å²) in [5.41, 5.74) is 6.03. The lowest BCUT2D eigenvalue weighted by Crippen LogP contribution is -2.35. The average molecular weight is 215 g/mol. The summed E-state index contributed by atoms with van der Waals surface area (Å²) < 4.78 is 5.50. The van der Waals surface area contributed by atoms with E-state index in [2.05, 4.69) is 27.7 Å². The minimum Gasteiger partial charge on any atom is -0.455 e. The molecule has 2 N–H and O–H groups in total. The minimum atomic E-state index is -0.0980. The molecule has 5 nitrogen and oxygen atoms in total. The maximum absolute atomic E-state index is 5.79. The fraction of sp³-hybridized carbons (Fsp3) is 0.500. The van der Waals surface area contributed by atoms with Gasteiger partial charge in [-0.25, -0.2) is 15.4 Å². The molecule has 0 aromatic carbocycles. The molecule has 2 rings (SSSR count). The van der Waals surface area contributed by atoms with Crippen molar-refractivity contribution in [3.8, 4) is 5.88 Å². The van der Waals surface area contributed by atoms with Crippen LogP contribution in [0.2, 0.25) is 5.15 Å². The van der Waals surface area contributed by atoms with Gasteiger partial charge < -0.3 is 4.74 Å². The van der Waals surface area contributed by atoms with Gasteiger partial charge in [-0.1, -0.05) is 11.6 Å². The summed E-state index contributed by atoms with van der Waals surface area (Å²) in [6, 6.07) is 0.385. The first kappa shape index (κ1) is 9.64. The minimum absolute atomic E-state index is 0.0980. The third-order valence-electron chi connectivity index (χ3n) is 1.94. The second-order valence-electron chi connectivity index (χ2n) is 3.18. The lowest BCUT2D eigenvalue weighted by Gasteiger charge is -2.11. The third kappa shape index (κ3) is 2.12. The molecule has 0 aliphatic carbocycles. The Bertz CT molecular complexity index is 322. The van der Waals surface area contributed by atoms with Gasteiger partial charge in [-0.05, 0) is 6.92 Å². The summed E-state index contributed by atoms with van der Waals surface area (Å²) in [6.07, 6.45) is 3.84. The molecule has 1 aliphatic heterocycles. The number of rotatable bonds is 2. The first-order valence-corrected chi connectivity index (χ1v) is 4.77. The predicted molar refractivity (Wildman–Crippen MR) is 51.8 cm³/mol. The molecular formula is C8H11ClN4O. The monoisotopic (exact) mass is 214 g/mol. The number of halogens is 1. The molecule has 1 aromatic heterocycles. The van der Waals surface area contributed by atoms with Crippen molar-refractivity contribution >= 4 is 11.6 Å². The molecule has 1 aliphatic rings. The van der Waals surface area contributed by atoms with Crippen molar-refractivity contribution in [2.75, 3.05) is 0 Å². The van der Waals surface area contributed by atoms with Crippen LogP contribution >= 0.6 is 11.6 Å². The molecular weight excluding hydrogens is 204 g/mol. The van der Waals surface area contributed by atoms with Gasteiger partial charge in [0.1, 0.15) is 0 Å². The lowest BCUT2D eigenvalue weighted by molar-refractivity contribution is 0.171. The average Bonchev–Trinajstić information content (AvgIpc) is 2.56. The molecule has 0 radical (unpaired) electrons. The van der Waals surface area contributed by atoms with Gasteiger partial charge in [-0.15, -0.1) is 0 Å². The number of nitrogens with zero attached hydrogens (tertiary/aromatic N) is 2. The number of ether oxygens (including phenoxy) is 1. The highest BCUT2D eigenvalue weighted by Gasteiger charge is 2.22. The van der Waals surface area contributed by atoms with E-state index in [1.54, 1.807) is 6.20 Å². The molecule has 2 unspecified atom stereocenters. The van der Waals surface area contributed by atoms with Crippen LogP contribution in [0.15, 0.2) is 12.4 Å². The van der Waals surface area contributed by atoms with Crippen LogP contribution in [0.5, 0.6) is 5.88 Å². The normalized spacial score (nSPS) is 26.4. The number of hydrazine groups is 1. The van der Waals surface area contributed by atoms with E-state index in [4.69, 9.17) is 16.3 Å². The van der Waals surface area contributed by atoms with Gasteiger partial charge in [0.2, 0.25) is 0 Å². The quantitative estimate of drug-likeness (QED) is 0.760.